The normalized spacial score (nSPS) is 11.6. The smallest absolute Gasteiger partial charge is 0.252 e. The lowest BCUT2D eigenvalue weighted by atomic mass is 10.0. The maximum Gasteiger partial charge on any atom is 0.433 e. The maximum absolute atomic E-state index is 12.5. The zero-order valence-electron chi connectivity index (χ0n) is 9.21. The molecule has 0 N–H and O–H groups in total. The van der Waals surface area contributed by atoms with Crippen molar-refractivity contribution in [1.29, 1.82) is 0 Å². The summed E-state index contributed by atoms with van der Waals surface area (Å²) in [5, 5.41) is 0.720. The Labute approximate surface area is 111 Å². The van der Waals surface area contributed by atoms with Gasteiger partial charge < -0.3 is 0 Å². The molecule has 0 unspecified atom stereocenters. The van der Waals surface area contributed by atoms with Gasteiger partial charge in [-0.05, 0) is 28.8 Å². The Balaban J connectivity index is 2.38. The van der Waals surface area contributed by atoms with E-state index < -0.39 is 11.9 Å². The first-order valence-electron chi connectivity index (χ1n) is 5.19. The van der Waals surface area contributed by atoms with Crippen LogP contribution in [0, 0.1) is 0 Å². The number of nitrogens with zero attached hydrogens (tertiary/aromatic N) is 1. The Morgan fingerprint density at radius 1 is 1.00 bits per heavy atom. The fraction of sp³-hybridized carbons (Fsp3) is 0.154. The minimum absolute atomic E-state index is 0.512. The Morgan fingerprint density at radius 3 is 2.22 bits per heavy atom. The molecule has 0 aliphatic carbocycles. The van der Waals surface area contributed by atoms with Crippen LogP contribution < -0.4 is 0 Å². The Morgan fingerprint density at radius 2 is 1.67 bits per heavy atom. The molecular formula is C13H9BrF3N. The van der Waals surface area contributed by atoms with E-state index >= 15 is 0 Å². The van der Waals surface area contributed by atoms with E-state index in [1.807, 2.05) is 12.1 Å². The number of rotatable bonds is 2. The first kappa shape index (κ1) is 13.1. The highest BCUT2D eigenvalue weighted by Crippen LogP contribution is 2.30. The molecule has 0 aliphatic rings. The van der Waals surface area contributed by atoms with E-state index in [1.165, 1.54) is 6.20 Å². The molecule has 0 atom stereocenters. The second-order valence-electron chi connectivity index (χ2n) is 3.76. The van der Waals surface area contributed by atoms with Crippen molar-refractivity contribution in [2.45, 2.75) is 11.5 Å². The summed E-state index contributed by atoms with van der Waals surface area (Å²) in [6, 6.07) is 9.97. The van der Waals surface area contributed by atoms with Crippen LogP contribution in [0.15, 0.2) is 42.6 Å². The quantitative estimate of drug-likeness (QED) is 0.734. The van der Waals surface area contributed by atoms with Crippen LogP contribution in [0.1, 0.15) is 11.3 Å². The predicted molar refractivity (Wildman–Crippen MR) is 67.3 cm³/mol. The Hall–Kier alpha value is -1.36. The van der Waals surface area contributed by atoms with Crippen LogP contribution >= 0.6 is 15.9 Å². The van der Waals surface area contributed by atoms with E-state index in [2.05, 4.69) is 20.9 Å². The van der Waals surface area contributed by atoms with Crippen LogP contribution in [-0.4, -0.2) is 4.98 Å². The summed E-state index contributed by atoms with van der Waals surface area (Å²) in [6.07, 6.45) is -3.23. The zero-order valence-corrected chi connectivity index (χ0v) is 10.8. The molecule has 1 aromatic heterocycles. The fourth-order valence-corrected chi connectivity index (χ4v) is 1.93. The van der Waals surface area contributed by atoms with E-state index in [-0.39, 0.29) is 0 Å². The SMILES string of the molecule is FC(F)(F)c1cc(-c2ccc(CBr)cc2)ccn1. The molecule has 18 heavy (non-hydrogen) atoms. The van der Waals surface area contributed by atoms with Crippen molar-refractivity contribution in [1.82, 2.24) is 4.98 Å². The van der Waals surface area contributed by atoms with Crippen molar-refractivity contribution < 1.29 is 13.2 Å². The molecule has 0 fully saturated rings. The minimum atomic E-state index is -4.41. The number of pyridine rings is 1. The third-order valence-electron chi connectivity index (χ3n) is 2.49. The second kappa shape index (κ2) is 5.10. The van der Waals surface area contributed by atoms with Gasteiger partial charge in [-0.2, -0.15) is 13.2 Å². The van der Waals surface area contributed by atoms with E-state index in [1.54, 1.807) is 18.2 Å². The lowest BCUT2D eigenvalue weighted by molar-refractivity contribution is -0.141. The van der Waals surface area contributed by atoms with E-state index in [0.29, 0.717) is 5.56 Å². The van der Waals surface area contributed by atoms with Crippen molar-refractivity contribution >= 4 is 15.9 Å². The highest BCUT2D eigenvalue weighted by Gasteiger charge is 2.32. The molecule has 0 aliphatic heterocycles. The molecule has 1 aromatic carbocycles. The van der Waals surface area contributed by atoms with Crippen molar-refractivity contribution in [3.63, 3.8) is 0 Å². The summed E-state index contributed by atoms with van der Waals surface area (Å²) in [6.45, 7) is 0. The molecule has 1 heterocycles. The van der Waals surface area contributed by atoms with E-state index in [0.717, 1.165) is 22.5 Å². The fourth-order valence-electron chi connectivity index (χ4n) is 1.55. The van der Waals surface area contributed by atoms with Crippen LogP contribution in [0.2, 0.25) is 0 Å². The molecular weight excluding hydrogens is 307 g/mol. The summed E-state index contributed by atoms with van der Waals surface area (Å²) in [7, 11) is 0. The van der Waals surface area contributed by atoms with Crippen LogP contribution in [0.5, 0.6) is 0 Å². The molecule has 5 heteroatoms. The number of aromatic nitrogens is 1. The van der Waals surface area contributed by atoms with Gasteiger partial charge in [0.1, 0.15) is 5.69 Å². The number of alkyl halides is 4. The van der Waals surface area contributed by atoms with Crippen molar-refractivity contribution in [3.8, 4) is 11.1 Å². The first-order chi connectivity index (χ1) is 8.50. The molecule has 0 bridgehead atoms. The highest BCUT2D eigenvalue weighted by atomic mass is 79.9. The van der Waals surface area contributed by atoms with Gasteiger partial charge >= 0.3 is 6.18 Å². The molecule has 0 radical (unpaired) electrons. The lowest BCUT2D eigenvalue weighted by Gasteiger charge is -2.08. The van der Waals surface area contributed by atoms with Crippen LogP contribution in [0.4, 0.5) is 13.2 Å². The summed E-state index contributed by atoms with van der Waals surface area (Å²) in [4.78, 5) is 3.34. The molecule has 2 aromatic rings. The zero-order chi connectivity index (χ0) is 13.2. The second-order valence-corrected chi connectivity index (χ2v) is 4.32. The van der Waals surface area contributed by atoms with E-state index in [4.69, 9.17) is 0 Å². The Bertz CT molecular complexity index is 535. The Kier molecular flexibility index (Phi) is 3.71. The molecule has 0 spiro atoms. The van der Waals surface area contributed by atoms with Crippen molar-refractivity contribution in [2.24, 2.45) is 0 Å². The third-order valence-corrected chi connectivity index (χ3v) is 3.14. The molecule has 0 saturated carbocycles. The summed E-state index contributed by atoms with van der Waals surface area (Å²) >= 11 is 3.32. The summed E-state index contributed by atoms with van der Waals surface area (Å²) in [5.41, 5.74) is 1.46. The van der Waals surface area contributed by atoms with Gasteiger partial charge in [0.25, 0.3) is 0 Å². The highest BCUT2D eigenvalue weighted by molar-refractivity contribution is 9.08. The monoisotopic (exact) mass is 315 g/mol. The molecule has 0 saturated heterocycles. The topological polar surface area (TPSA) is 12.9 Å². The summed E-state index contributed by atoms with van der Waals surface area (Å²) in [5.74, 6) is 0. The van der Waals surface area contributed by atoms with Gasteiger partial charge in [0.2, 0.25) is 0 Å². The largest absolute Gasteiger partial charge is 0.433 e. The summed E-state index contributed by atoms with van der Waals surface area (Å²) < 4.78 is 37.6. The molecule has 0 amide bonds. The predicted octanol–water partition coefficient (Wildman–Crippen LogP) is 4.66. The van der Waals surface area contributed by atoms with Gasteiger partial charge in [0.15, 0.2) is 0 Å². The molecule has 1 nitrogen and oxygen atoms in total. The van der Waals surface area contributed by atoms with Crippen molar-refractivity contribution in [3.05, 3.63) is 53.9 Å². The average molecular weight is 316 g/mol. The van der Waals surface area contributed by atoms with Gasteiger partial charge in [-0.15, -0.1) is 0 Å². The van der Waals surface area contributed by atoms with Crippen LogP contribution in [-0.2, 0) is 11.5 Å². The first-order valence-corrected chi connectivity index (χ1v) is 6.31. The van der Waals surface area contributed by atoms with Gasteiger partial charge in [0, 0.05) is 11.5 Å². The van der Waals surface area contributed by atoms with Crippen LogP contribution in [0.3, 0.4) is 0 Å². The van der Waals surface area contributed by atoms with E-state index in [9.17, 15) is 13.2 Å². The van der Waals surface area contributed by atoms with Gasteiger partial charge in [0.05, 0.1) is 0 Å². The van der Waals surface area contributed by atoms with Crippen LogP contribution in [0.25, 0.3) is 11.1 Å². The number of hydrogen-bond acceptors (Lipinski definition) is 1. The standard InChI is InChI=1S/C13H9BrF3N/c14-8-9-1-3-10(4-2-9)11-5-6-18-12(7-11)13(15,16)17/h1-7H,8H2. The molecule has 2 rings (SSSR count). The lowest BCUT2D eigenvalue weighted by Crippen LogP contribution is -2.07. The number of hydrogen-bond donors (Lipinski definition) is 0. The van der Waals surface area contributed by atoms with Crippen molar-refractivity contribution in [2.75, 3.05) is 0 Å². The van der Waals surface area contributed by atoms with Gasteiger partial charge in [-0.3, -0.25) is 4.98 Å². The number of benzene rings is 1. The third kappa shape index (κ3) is 2.90. The minimum Gasteiger partial charge on any atom is -0.252 e. The maximum atomic E-state index is 12.5. The number of halogens is 4. The average Bonchev–Trinajstić information content (AvgIpc) is 2.38. The molecule has 94 valence electrons. The van der Waals surface area contributed by atoms with Gasteiger partial charge in [-0.1, -0.05) is 40.2 Å². The van der Waals surface area contributed by atoms with Gasteiger partial charge in [-0.25, -0.2) is 0 Å².